The summed E-state index contributed by atoms with van der Waals surface area (Å²) in [5.41, 5.74) is 6.98. The summed E-state index contributed by atoms with van der Waals surface area (Å²) in [5, 5.41) is 2.87. The highest BCUT2D eigenvalue weighted by molar-refractivity contribution is 5.81. The average Bonchev–Trinajstić information content (AvgIpc) is 2.53. The Balaban J connectivity index is 1.75. The van der Waals surface area contributed by atoms with E-state index in [4.69, 9.17) is 0 Å². The van der Waals surface area contributed by atoms with Crippen LogP contribution in [0, 0.1) is 5.82 Å². The SMILES string of the molecule is C=C(NNC(=O)CNc1ccc(F)cc1)c1ccccn1. The molecule has 0 saturated carbocycles. The van der Waals surface area contributed by atoms with Crippen LogP contribution in [0.5, 0.6) is 0 Å². The maximum absolute atomic E-state index is 12.7. The van der Waals surface area contributed by atoms with Crippen molar-refractivity contribution < 1.29 is 9.18 Å². The van der Waals surface area contributed by atoms with Crippen LogP contribution in [0.2, 0.25) is 0 Å². The van der Waals surface area contributed by atoms with E-state index < -0.39 is 0 Å². The maximum atomic E-state index is 12.7. The molecule has 3 N–H and O–H groups in total. The lowest BCUT2D eigenvalue weighted by Gasteiger charge is -2.11. The van der Waals surface area contributed by atoms with Gasteiger partial charge in [-0.15, -0.1) is 0 Å². The number of amides is 1. The van der Waals surface area contributed by atoms with Gasteiger partial charge in [-0.1, -0.05) is 12.6 Å². The van der Waals surface area contributed by atoms with Crippen molar-refractivity contribution in [2.24, 2.45) is 0 Å². The first-order valence-electron chi connectivity index (χ1n) is 6.30. The second kappa shape index (κ2) is 7.04. The first-order valence-corrected chi connectivity index (χ1v) is 6.30. The van der Waals surface area contributed by atoms with E-state index in [1.54, 1.807) is 30.5 Å². The smallest absolute Gasteiger partial charge is 0.257 e. The monoisotopic (exact) mass is 286 g/mol. The van der Waals surface area contributed by atoms with Gasteiger partial charge >= 0.3 is 0 Å². The number of anilines is 1. The summed E-state index contributed by atoms with van der Waals surface area (Å²) in [6.45, 7) is 3.82. The Kier molecular flexibility index (Phi) is 4.87. The minimum absolute atomic E-state index is 0.0497. The Labute approximate surface area is 121 Å². The molecule has 0 unspecified atom stereocenters. The Morgan fingerprint density at radius 2 is 1.90 bits per heavy atom. The standard InChI is InChI=1S/C15H15FN4O/c1-11(14-4-2-3-9-17-14)19-20-15(21)10-18-13-7-5-12(16)6-8-13/h2-9,18-19H,1,10H2,(H,20,21). The number of halogens is 1. The minimum Gasteiger partial charge on any atom is -0.376 e. The van der Waals surface area contributed by atoms with Gasteiger partial charge in [0.1, 0.15) is 5.82 Å². The molecule has 0 aliphatic rings. The molecular formula is C15H15FN4O. The van der Waals surface area contributed by atoms with Crippen molar-refractivity contribution in [1.29, 1.82) is 0 Å². The number of nitrogens with zero attached hydrogens (tertiary/aromatic N) is 1. The Bertz CT molecular complexity index is 613. The normalized spacial score (nSPS) is 9.76. The summed E-state index contributed by atoms with van der Waals surface area (Å²) in [4.78, 5) is 15.7. The van der Waals surface area contributed by atoms with Gasteiger partial charge in [-0.2, -0.15) is 0 Å². The maximum Gasteiger partial charge on any atom is 0.257 e. The van der Waals surface area contributed by atoms with Crippen molar-refractivity contribution >= 4 is 17.3 Å². The van der Waals surface area contributed by atoms with E-state index in [9.17, 15) is 9.18 Å². The zero-order chi connectivity index (χ0) is 15.1. The topological polar surface area (TPSA) is 66.0 Å². The molecule has 108 valence electrons. The van der Waals surface area contributed by atoms with Crippen LogP contribution in [-0.2, 0) is 4.79 Å². The summed E-state index contributed by atoms with van der Waals surface area (Å²) in [7, 11) is 0. The molecule has 0 aliphatic heterocycles. The van der Waals surface area contributed by atoms with Gasteiger partial charge in [0.2, 0.25) is 0 Å². The molecule has 1 amide bonds. The Morgan fingerprint density at radius 1 is 1.14 bits per heavy atom. The molecule has 0 bridgehead atoms. The number of hydrazine groups is 1. The van der Waals surface area contributed by atoms with Crippen molar-refractivity contribution in [2.75, 3.05) is 11.9 Å². The van der Waals surface area contributed by atoms with Crippen LogP contribution < -0.4 is 16.2 Å². The number of hydrogen-bond acceptors (Lipinski definition) is 4. The summed E-state index contributed by atoms with van der Waals surface area (Å²) < 4.78 is 12.7. The number of carbonyl (C=O) groups is 1. The summed E-state index contributed by atoms with van der Waals surface area (Å²) in [5.74, 6) is -0.602. The van der Waals surface area contributed by atoms with Crippen LogP contribution >= 0.6 is 0 Å². The first kappa shape index (κ1) is 14.5. The predicted molar refractivity (Wildman–Crippen MR) is 79.4 cm³/mol. The molecule has 0 fully saturated rings. The molecular weight excluding hydrogens is 271 g/mol. The lowest BCUT2D eigenvalue weighted by Crippen LogP contribution is -2.39. The van der Waals surface area contributed by atoms with Gasteiger partial charge in [0, 0.05) is 11.9 Å². The molecule has 0 atom stereocenters. The van der Waals surface area contributed by atoms with E-state index in [0.29, 0.717) is 17.1 Å². The molecule has 1 aromatic carbocycles. The number of hydrogen-bond donors (Lipinski definition) is 3. The van der Waals surface area contributed by atoms with Gasteiger partial charge in [0.25, 0.3) is 5.91 Å². The number of benzene rings is 1. The third-order valence-corrected chi connectivity index (χ3v) is 2.62. The summed E-state index contributed by atoms with van der Waals surface area (Å²) in [6.07, 6.45) is 1.64. The lowest BCUT2D eigenvalue weighted by atomic mass is 10.3. The zero-order valence-corrected chi connectivity index (χ0v) is 11.3. The predicted octanol–water partition coefficient (Wildman–Crippen LogP) is 1.92. The van der Waals surface area contributed by atoms with Crippen LogP contribution in [0.4, 0.5) is 10.1 Å². The van der Waals surface area contributed by atoms with Crippen LogP contribution in [0.25, 0.3) is 5.70 Å². The van der Waals surface area contributed by atoms with E-state index in [0.717, 1.165) is 0 Å². The largest absolute Gasteiger partial charge is 0.376 e. The minimum atomic E-state index is -0.321. The van der Waals surface area contributed by atoms with Crippen molar-refractivity contribution in [1.82, 2.24) is 15.8 Å². The van der Waals surface area contributed by atoms with Crippen LogP contribution in [0.1, 0.15) is 5.69 Å². The third kappa shape index (κ3) is 4.61. The second-order valence-corrected chi connectivity index (χ2v) is 4.23. The first-order chi connectivity index (χ1) is 10.1. The molecule has 1 aromatic heterocycles. The number of pyridine rings is 1. The molecule has 5 nitrogen and oxygen atoms in total. The lowest BCUT2D eigenvalue weighted by molar-refractivity contribution is -0.120. The van der Waals surface area contributed by atoms with E-state index in [1.807, 2.05) is 6.07 Å². The fraction of sp³-hybridized carbons (Fsp3) is 0.0667. The third-order valence-electron chi connectivity index (χ3n) is 2.62. The highest BCUT2D eigenvalue weighted by atomic mass is 19.1. The van der Waals surface area contributed by atoms with Gasteiger partial charge < -0.3 is 5.32 Å². The van der Waals surface area contributed by atoms with Crippen molar-refractivity contribution in [3.63, 3.8) is 0 Å². The summed E-state index contributed by atoms with van der Waals surface area (Å²) in [6, 6.07) is 11.2. The highest BCUT2D eigenvalue weighted by Gasteiger charge is 2.03. The van der Waals surface area contributed by atoms with Crippen molar-refractivity contribution in [3.05, 3.63) is 66.8 Å². The van der Waals surface area contributed by atoms with E-state index in [1.165, 1.54) is 12.1 Å². The number of aromatic nitrogens is 1. The van der Waals surface area contributed by atoms with E-state index >= 15 is 0 Å². The summed E-state index contributed by atoms with van der Waals surface area (Å²) >= 11 is 0. The second-order valence-electron chi connectivity index (χ2n) is 4.23. The number of nitrogens with one attached hydrogen (secondary N) is 3. The molecule has 0 aliphatic carbocycles. The van der Waals surface area contributed by atoms with Gasteiger partial charge in [0.05, 0.1) is 17.9 Å². The molecule has 0 spiro atoms. The fourth-order valence-electron chi connectivity index (χ4n) is 1.54. The quantitative estimate of drug-likeness (QED) is 0.710. The van der Waals surface area contributed by atoms with Crippen molar-refractivity contribution in [2.45, 2.75) is 0 Å². The Morgan fingerprint density at radius 3 is 2.57 bits per heavy atom. The number of carbonyl (C=O) groups excluding carboxylic acids is 1. The van der Waals surface area contributed by atoms with Crippen LogP contribution in [-0.4, -0.2) is 17.4 Å². The highest BCUT2D eigenvalue weighted by Crippen LogP contribution is 2.07. The molecule has 21 heavy (non-hydrogen) atoms. The molecule has 0 radical (unpaired) electrons. The van der Waals surface area contributed by atoms with Crippen molar-refractivity contribution in [3.8, 4) is 0 Å². The average molecular weight is 286 g/mol. The van der Waals surface area contributed by atoms with Gasteiger partial charge in [-0.3, -0.25) is 20.6 Å². The zero-order valence-electron chi connectivity index (χ0n) is 11.3. The molecule has 2 rings (SSSR count). The van der Waals surface area contributed by atoms with Crippen LogP contribution in [0.3, 0.4) is 0 Å². The molecule has 0 saturated heterocycles. The number of rotatable bonds is 6. The fourth-order valence-corrected chi connectivity index (χ4v) is 1.54. The van der Waals surface area contributed by atoms with E-state index in [2.05, 4.69) is 27.7 Å². The van der Waals surface area contributed by atoms with Crippen LogP contribution in [0.15, 0.2) is 55.2 Å². The van der Waals surface area contributed by atoms with Gasteiger partial charge in [-0.05, 0) is 36.4 Å². The van der Waals surface area contributed by atoms with E-state index in [-0.39, 0.29) is 18.3 Å². The molecule has 2 aromatic rings. The Hall–Kier alpha value is -2.89. The van der Waals surface area contributed by atoms with Gasteiger partial charge in [-0.25, -0.2) is 4.39 Å². The molecule has 1 heterocycles. The molecule has 6 heteroatoms. The van der Waals surface area contributed by atoms with Gasteiger partial charge in [0.15, 0.2) is 0 Å².